The molecule has 1 aromatic heterocycles. The van der Waals surface area contributed by atoms with Gasteiger partial charge in [0.2, 0.25) is 11.9 Å². The Morgan fingerprint density at radius 3 is 2.29 bits per heavy atom. The molecule has 3 rings (SSSR count). The van der Waals surface area contributed by atoms with Crippen molar-refractivity contribution in [2.75, 3.05) is 22.6 Å². The molecule has 0 aliphatic carbocycles. The summed E-state index contributed by atoms with van der Waals surface area (Å²) in [6, 6.07) is 7.54. The molecule has 38 heavy (non-hydrogen) atoms. The van der Waals surface area contributed by atoms with Crippen molar-refractivity contribution in [2.24, 2.45) is 5.41 Å². The number of nitrogens with one attached hydrogen (secondary N) is 2. The number of carbonyl (C=O) groups excluding carboxylic acids is 2. The molecule has 0 bridgehead atoms. The summed E-state index contributed by atoms with van der Waals surface area (Å²) >= 11 is 0. The number of benzene rings is 2. The van der Waals surface area contributed by atoms with Crippen LogP contribution < -0.4 is 15.5 Å². The fraction of sp³-hybridized carbons (Fsp3) is 0.407. The van der Waals surface area contributed by atoms with Gasteiger partial charge in [0.1, 0.15) is 5.69 Å². The first-order chi connectivity index (χ1) is 17.6. The molecule has 3 N–H and O–H groups in total. The quantitative estimate of drug-likeness (QED) is 0.381. The lowest BCUT2D eigenvalue weighted by Gasteiger charge is -2.23. The number of hydrogen-bond donors (Lipinski definition) is 3. The fourth-order valence-corrected chi connectivity index (χ4v) is 3.75. The number of hydrogen-bond acceptors (Lipinski definition) is 5. The minimum Gasteiger partial charge on any atom is -0.390 e. The van der Waals surface area contributed by atoms with Crippen LogP contribution in [-0.4, -0.2) is 39.2 Å². The zero-order valence-electron chi connectivity index (χ0n) is 22.3. The number of aliphatic hydroxyl groups is 1. The number of halogens is 2. The predicted octanol–water partition coefficient (Wildman–Crippen LogP) is 5.39. The zero-order valence-corrected chi connectivity index (χ0v) is 22.3. The molecule has 0 fully saturated rings. The van der Waals surface area contributed by atoms with Crippen molar-refractivity contribution < 1.29 is 23.5 Å². The number of amides is 3. The molecule has 0 atom stereocenters. The minimum absolute atomic E-state index is 0.0671. The highest BCUT2D eigenvalue weighted by Crippen LogP contribution is 2.28. The summed E-state index contributed by atoms with van der Waals surface area (Å²) in [5.41, 5.74) is -0.420. The van der Waals surface area contributed by atoms with Crippen molar-refractivity contribution in [3.8, 4) is 6.07 Å². The Bertz CT molecular complexity index is 1390. The first-order valence-electron chi connectivity index (χ1n) is 12.0. The third-order valence-corrected chi connectivity index (χ3v) is 5.76. The van der Waals surface area contributed by atoms with Gasteiger partial charge in [-0.3, -0.25) is 10.1 Å². The molecule has 0 saturated heterocycles. The average Bonchev–Trinajstić information content (AvgIpc) is 3.13. The number of anilines is 3. The molecule has 3 aromatic rings. The van der Waals surface area contributed by atoms with E-state index >= 15 is 0 Å². The van der Waals surface area contributed by atoms with E-state index in [4.69, 9.17) is 5.26 Å². The van der Waals surface area contributed by atoms with Crippen LogP contribution in [0, 0.1) is 28.4 Å². The van der Waals surface area contributed by atoms with Crippen molar-refractivity contribution in [1.29, 1.82) is 5.26 Å². The van der Waals surface area contributed by atoms with E-state index in [0.29, 0.717) is 29.6 Å². The van der Waals surface area contributed by atoms with E-state index in [1.165, 1.54) is 4.90 Å². The highest BCUT2D eigenvalue weighted by Gasteiger charge is 2.23. The zero-order chi connectivity index (χ0) is 28.4. The number of urea groups is 1. The summed E-state index contributed by atoms with van der Waals surface area (Å²) in [5.74, 6) is -2.18. The van der Waals surface area contributed by atoms with Gasteiger partial charge < -0.3 is 19.9 Å². The summed E-state index contributed by atoms with van der Waals surface area (Å²) < 4.78 is 30.2. The summed E-state index contributed by atoms with van der Waals surface area (Å²) in [5, 5.41) is 23.7. The number of fused-ring (bicyclic) bond motifs is 1. The summed E-state index contributed by atoms with van der Waals surface area (Å²) in [6.07, 6.45) is 0.663. The van der Waals surface area contributed by atoms with E-state index in [2.05, 4.69) is 15.6 Å². The molecule has 9 nitrogen and oxygen atoms in total. The number of nitriles is 1. The molecule has 2 aromatic carbocycles. The first kappa shape index (κ1) is 28.5. The van der Waals surface area contributed by atoms with E-state index in [9.17, 15) is 23.5 Å². The van der Waals surface area contributed by atoms with Crippen LogP contribution in [0.3, 0.4) is 0 Å². The Labute approximate surface area is 220 Å². The topological polar surface area (TPSA) is 123 Å². The normalized spacial score (nSPS) is 11.8. The van der Waals surface area contributed by atoms with Crippen molar-refractivity contribution >= 4 is 40.3 Å². The van der Waals surface area contributed by atoms with Crippen LogP contribution in [0.25, 0.3) is 11.0 Å². The van der Waals surface area contributed by atoms with Crippen molar-refractivity contribution in [1.82, 2.24) is 9.55 Å². The molecular weight excluding hydrogens is 494 g/mol. The molecule has 0 aliphatic rings. The standard InChI is InChI=1S/C27H32F2N6O3/c1-26(2,3)14-22(36)34(6)17-7-8-21-20(13-17)31-24(35(21)10-9-27(4,5)38)33-25(37)32-23-18(28)11-16(15-30)12-19(23)29/h7-8,11-13,38H,9-10,14H2,1-6H3,(H2,31,32,33,37). The Morgan fingerprint density at radius 2 is 1.74 bits per heavy atom. The molecule has 3 amide bonds. The highest BCUT2D eigenvalue weighted by molar-refractivity contribution is 6.00. The lowest BCUT2D eigenvalue weighted by atomic mass is 9.91. The molecule has 0 saturated carbocycles. The maximum atomic E-state index is 14.3. The van der Waals surface area contributed by atoms with Crippen molar-refractivity contribution in [2.45, 2.75) is 59.6 Å². The second-order valence-corrected chi connectivity index (χ2v) is 11.0. The third-order valence-electron chi connectivity index (χ3n) is 5.76. The number of rotatable bonds is 7. The molecule has 0 radical (unpaired) electrons. The van der Waals surface area contributed by atoms with E-state index in [1.807, 2.05) is 20.8 Å². The van der Waals surface area contributed by atoms with Crippen LogP contribution in [-0.2, 0) is 11.3 Å². The van der Waals surface area contributed by atoms with Crippen LogP contribution in [0.2, 0.25) is 0 Å². The van der Waals surface area contributed by atoms with Crippen LogP contribution >= 0.6 is 0 Å². The maximum Gasteiger partial charge on any atom is 0.326 e. The summed E-state index contributed by atoms with van der Waals surface area (Å²) in [7, 11) is 1.67. The number of carbonyl (C=O) groups is 2. The highest BCUT2D eigenvalue weighted by atomic mass is 19.1. The summed E-state index contributed by atoms with van der Waals surface area (Å²) in [6.45, 7) is 9.50. The van der Waals surface area contributed by atoms with E-state index in [1.54, 1.807) is 49.7 Å². The van der Waals surface area contributed by atoms with Crippen LogP contribution in [0.5, 0.6) is 0 Å². The second kappa shape index (κ2) is 10.8. The van der Waals surface area contributed by atoms with Gasteiger partial charge in [-0.1, -0.05) is 20.8 Å². The molecule has 11 heteroatoms. The average molecular weight is 527 g/mol. The minimum atomic E-state index is -1.10. The SMILES string of the molecule is CN(C(=O)CC(C)(C)C)c1ccc2c(c1)nc(NC(=O)Nc1c(F)cc(C#N)cc1F)n2CCC(C)(C)O. The lowest BCUT2D eigenvalue weighted by Crippen LogP contribution is -2.29. The molecule has 0 aliphatic heterocycles. The predicted molar refractivity (Wildman–Crippen MR) is 142 cm³/mol. The molecule has 0 spiro atoms. The molecule has 1 heterocycles. The van der Waals surface area contributed by atoms with Gasteiger partial charge in [-0.2, -0.15) is 5.26 Å². The molecule has 0 unspecified atom stereocenters. The van der Waals surface area contributed by atoms with Gasteiger partial charge in [0, 0.05) is 25.7 Å². The first-order valence-corrected chi connectivity index (χ1v) is 12.0. The van der Waals surface area contributed by atoms with Crippen LogP contribution in [0.4, 0.5) is 30.9 Å². The Morgan fingerprint density at radius 1 is 1.11 bits per heavy atom. The second-order valence-electron chi connectivity index (χ2n) is 11.0. The van der Waals surface area contributed by atoms with Gasteiger partial charge in [0.25, 0.3) is 0 Å². The Balaban J connectivity index is 1.94. The monoisotopic (exact) mass is 526 g/mol. The maximum absolute atomic E-state index is 14.3. The van der Waals surface area contributed by atoms with E-state index < -0.39 is 29.0 Å². The van der Waals surface area contributed by atoms with Gasteiger partial charge in [-0.25, -0.2) is 18.6 Å². The fourth-order valence-electron chi connectivity index (χ4n) is 3.75. The summed E-state index contributed by atoms with van der Waals surface area (Å²) in [4.78, 5) is 31.4. The van der Waals surface area contributed by atoms with E-state index in [-0.39, 0.29) is 29.4 Å². The Kier molecular flexibility index (Phi) is 8.07. The van der Waals surface area contributed by atoms with Gasteiger partial charge in [0.05, 0.1) is 28.3 Å². The van der Waals surface area contributed by atoms with Gasteiger partial charge in [-0.15, -0.1) is 0 Å². The molecule has 202 valence electrons. The van der Waals surface area contributed by atoms with Crippen LogP contribution in [0.1, 0.15) is 53.0 Å². The Hall–Kier alpha value is -4.04. The van der Waals surface area contributed by atoms with Gasteiger partial charge in [-0.05, 0) is 56.0 Å². The third kappa shape index (κ3) is 7.04. The van der Waals surface area contributed by atoms with E-state index in [0.717, 1.165) is 12.1 Å². The smallest absolute Gasteiger partial charge is 0.326 e. The van der Waals surface area contributed by atoms with Crippen molar-refractivity contribution in [3.63, 3.8) is 0 Å². The molecular formula is C27H32F2N6O3. The lowest BCUT2D eigenvalue weighted by molar-refractivity contribution is -0.120. The van der Waals surface area contributed by atoms with Gasteiger partial charge in [0.15, 0.2) is 11.6 Å². The number of aryl methyl sites for hydroxylation is 1. The number of nitrogens with zero attached hydrogens (tertiary/aromatic N) is 4. The van der Waals surface area contributed by atoms with Crippen molar-refractivity contribution in [3.05, 3.63) is 47.5 Å². The van der Waals surface area contributed by atoms with Gasteiger partial charge >= 0.3 is 6.03 Å². The largest absolute Gasteiger partial charge is 0.390 e. The van der Waals surface area contributed by atoms with Crippen LogP contribution in [0.15, 0.2) is 30.3 Å². The number of imidazole rings is 1. The number of aromatic nitrogens is 2.